The standard InChI is InChI=1S/C20H16BrNO5/c1-26-14-5-3-2-4-12(14)17-16-18(24)13-10-11(21)6-7-15(13)27-19(16)20(25)22(17)8-9-23/h2-7,10,17,23H,8-9H2,1H3/t17-/m0/s1. The van der Waals surface area contributed by atoms with Crippen LogP contribution in [0, 0.1) is 0 Å². The minimum Gasteiger partial charge on any atom is -0.496 e. The molecule has 0 fully saturated rings. The number of carbonyl (C=O) groups is 1. The van der Waals surface area contributed by atoms with E-state index in [0.29, 0.717) is 22.3 Å². The number of β-amino-alcohol motifs (C(OH)–C–C–N with tert-alkyl or cyclic N) is 1. The molecule has 4 rings (SSSR count). The highest BCUT2D eigenvalue weighted by atomic mass is 79.9. The highest BCUT2D eigenvalue weighted by Gasteiger charge is 2.43. The maximum Gasteiger partial charge on any atom is 0.290 e. The predicted octanol–water partition coefficient (Wildman–Crippen LogP) is 3.10. The molecule has 1 aliphatic heterocycles. The van der Waals surface area contributed by atoms with E-state index in [1.165, 1.54) is 12.0 Å². The molecule has 0 spiro atoms. The summed E-state index contributed by atoms with van der Waals surface area (Å²) in [5, 5.41) is 9.86. The van der Waals surface area contributed by atoms with Crippen molar-refractivity contribution < 1.29 is 19.1 Å². The summed E-state index contributed by atoms with van der Waals surface area (Å²) in [6.07, 6.45) is 0. The highest BCUT2D eigenvalue weighted by molar-refractivity contribution is 9.10. The zero-order valence-corrected chi connectivity index (χ0v) is 16.0. The Labute approximate surface area is 163 Å². The number of benzene rings is 2. The molecule has 3 aromatic rings. The molecule has 138 valence electrons. The first-order chi connectivity index (χ1) is 13.1. The van der Waals surface area contributed by atoms with E-state index in [1.54, 1.807) is 30.3 Å². The Morgan fingerprint density at radius 3 is 2.74 bits per heavy atom. The van der Waals surface area contributed by atoms with E-state index >= 15 is 0 Å². The summed E-state index contributed by atoms with van der Waals surface area (Å²) in [6.45, 7) is -0.157. The van der Waals surface area contributed by atoms with E-state index in [9.17, 15) is 14.7 Å². The van der Waals surface area contributed by atoms with Crippen molar-refractivity contribution in [2.45, 2.75) is 6.04 Å². The molecule has 0 bridgehead atoms. The van der Waals surface area contributed by atoms with Gasteiger partial charge in [0.1, 0.15) is 11.3 Å². The van der Waals surface area contributed by atoms with E-state index < -0.39 is 11.9 Å². The van der Waals surface area contributed by atoms with Crippen LogP contribution in [0.2, 0.25) is 0 Å². The molecule has 7 heteroatoms. The van der Waals surface area contributed by atoms with Crippen LogP contribution in [0.15, 0.2) is 56.1 Å². The van der Waals surface area contributed by atoms with Gasteiger partial charge in [0.25, 0.3) is 5.91 Å². The number of nitrogens with zero attached hydrogens (tertiary/aromatic N) is 1. The summed E-state index contributed by atoms with van der Waals surface area (Å²) in [5.41, 5.74) is 1.02. The van der Waals surface area contributed by atoms with Crippen LogP contribution in [0.5, 0.6) is 5.75 Å². The van der Waals surface area contributed by atoms with Crippen LogP contribution in [0.4, 0.5) is 0 Å². The predicted molar refractivity (Wildman–Crippen MR) is 103 cm³/mol. The second-order valence-corrected chi connectivity index (χ2v) is 7.10. The van der Waals surface area contributed by atoms with Crippen molar-refractivity contribution >= 4 is 32.8 Å². The van der Waals surface area contributed by atoms with Gasteiger partial charge in [0.2, 0.25) is 5.76 Å². The molecule has 1 atom stereocenters. The van der Waals surface area contributed by atoms with Gasteiger partial charge in [-0.1, -0.05) is 34.1 Å². The lowest BCUT2D eigenvalue weighted by Crippen LogP contribution is -2.32. The van der Waals surface area contributed by atoms with Gasteiger partial charge in [-0.2, -0.15) is 0 Å². The number of rotatable bonds is 4. The van der Waals surface area contributed by atoms with Gasteiger partial charge in [-0.15, -0.1) is 0 Å². The number of aliphatic hydroxyl groups excluding tert-OH is 1. The monoisotopic (exact) mass is 429 g/mol. The molecular weight excluding hydrogens is 414 g/mol. The molecule has 1 amide bonds. The first-order valence-electron chi connectivity index (χ1n) is 8.37. The molecule has 27 heavy (non-hydrogen) atoms. The Bertz CT molecular complexity index is 1110. The Morgan fingerprint density at radius 1 is 1.22 bits per heavy atom. The van der Waals surface area contributed by atoms with Crippen LogP contribution >= 0.6 is 15.9 Å². The van der Waals surface area contributed by atoms with Gasteiger partial charge in [0.15, 0.2) is 5.43 Å². The first-order valence-corrected chi connectivity index (χ1v) is 9.17. The Kier molecular flexibility index (Phi) is 4.49. The molecular formula is C20H16BrNO5. The van der Waals surface area contributed by atoms with Crippen molar-refractivity contribution in [2.24, 2.45) is 0 Å². The van der Waals surface area contributed by atoms with Gasteiger partial charge < -0.3 is 19.2 Å². The summed E-state index contributed by atoms with van der Waals surface area (Å²) in [4.78, 5) is 27.7. The zero-order valence-electron chi connectivity index (χ0n) is 14.4. The molecule has 0 unspecified atom stereocenters. The SMILES string of the molecule is COc1ccccc1[C@H]1c2c(oc3ccc(Br)cc3c2=O)C(=O)N1CCO. The number of hydrogen-bond donors (Lipinski definition) is 1. The molecule has 1 aromatic heterocycles. The summed E-state index contributed by atoms with van der Waals surface area (Å²) in [6, 6.07) is 11.6. The van der Waals surface area contributed by atoms with E-state index in [2.05, 4.69) is 15.9 Å². The fourth-order valence-electron chi connectivity index (χ4n) is 3.55. The third-order valence-corrected chi connectivity index (χ3v) is 5.20. The van der Waals surface area contributed by atoms with Crippen molar-refractivity contribution in [1.82, 2.24) is 4.90 Å². The van der Waals surface area contributed by atoms with Gasteiger partial charge in [-0.05, 0) is 24.3 Å². The molecule has 2 aromatic carbocycles. The number of halogens is 1. The van der Waals surface area contributed by atoms with Crippen molar-refractivity contribution in [1.29, 1.82) is 0 Å². The van der Waals surface area contributed by atoms with E-state index in [4.69, 9.17) is 9.15 Å². The second-order valence-electron chi connectivity index (χ2n) is 6.18. The maximum atomic E-state index is 13.3. The quantitative estimate of drug-likeness (QED) is 0.688. The minimum absolute atomic E-state index is 0.0131. The Morgan fingerprint density at radius 2 is 2.00 bits per heavy atom. The molecule has 6 nitrogen and oxygen atoms in total. The first kappa shape index (κ1) is 17.8. The number of carbonyl (C=O) groups excluding carboxylic acids is 1. The topological polar surface area (TPSA) is 80.0 Å². The van der Waals surface area contributed by atoms with Gasteiger partial charge in [0.05, 0.1) is 30.7 Å². The molecule has 0 radical (unpaired) electrons. The molecule has 0 saturated carbocycles. The number of amides is 1. The normalized spacial score (nSPS) is 16.0. The van der Waals surface area contributed by atoms with Gasteiger partial charge in [0, 0.05) is 16.6 Å². The van der Waals surface area contributed by atoms with Crippen molar-refractivity contribution in [3.05, 3.63) is 74.0 Å². The molecule has 2 heterocycles. The van der Waals surface area contributed by atoms with E-state index in [-0.39, 0.29) is 29.9 Å². The van der Waals surface area contributed by atoms with Crippen molar-refractivity contribution in [3.8, 4) is 5.75 Å². The largest absolute Gasteiger partial charge is 0.496 e. The van der Waals surface area contributed by atoms with Crippen LogP contribution in [0.3, 0.4) is 0 Å². The number of methoxy groups -OCH3 is 1. The number of fused-ring (bicyclic) bond motifs is 2. The number of ether oxygens (including phenoxy) is 1. The highest BCUT2D eigenvalue weighted by Crippen LogP contribution is 2.41. The lowest BCUT2D eigenvalue weighted by atomic mass is 9.97. The molecule has 0 aliphatic carbocycles. The summed E-state index contributed by atoms with van der Waals surface area (Å²) < 4.78 is 12.0. The molecule has 1 aliphatic rings. The van der Waals surface area contributed by atoms with Crippen LogP contribution in [0.1, 0.15) is 27.7 Å². The number of para-hydroxylation sites is 1. The van der Waals surface area contributed by atoms with Gasteiger partial charge in [-0.3, -0.25) is 9.59 Å². The smallest absolute Gasteiger partial charge is 0.290 e. The lowest BCUT2D eigenvalue weighted by Gasteiger charge is -2.25. The average Bonchev–Trinajstić information content (AvgIpc) is 2.95. The summed E-state index contributed by atoms with van der Waals surface area (Å²) >= 11 is 3.37. The Hall–Kier alpha value is -2.64. The maximum absolute atomic E-state index is 13.3. The van der Waals surface area contributed by atoms with E-state index in [0.717, 1.165) is 4.47 Å². The summed E-state index contributed by atoms with van der Waals surface area (Å²) in [7, 11) is 1.53. The van der Waals surface area contributed by atoms with E-state index in [1.807, 2.05) is 12.1 Å². The second kappa shape index (κ2) is 6.83. The van der Waals surface area contributed by atoms with Gasteiger partial charge in [-0.25, -0.2) is 0 Å². The minimum atomic E-state index is -0.685. The third kappa shape index (κ3) is 2.74. The molecule has 1 N–H and O–H groups in total. The van der Waals surface area contributed by atoms with Crippen molar-refractivity contribution in [2.75, 3.05) is 20.3 Å². The van der Waals surface area contributed by atoms with Gasteiger partial charge >= 0.3 is 0 Å². The zero-order chi connectivity index (χ0) is 19.1. The van der Waals surface area contributed by atoms with Crippen LogP contribution in [0.25, 0.3) is 11.0 Å². The third-order valence-electron chi connectivity index (χ3n) is 4.70. The summed E-state index contributed by atoms with van der Waals surface area (Å²) in [5.74, 6) is 0.149. The number of aliphatic hydroxyl groups is 1. The number of hydrogen-bond acceptors (Lipinski definition) is 5. The van der Waals surface area contributed by atoms with Crippen molar-refractivity contribution in [3.63, 3.8) is 0 Å². The van der Waals surface area contributed by atoms with Crippen LogP contribution < -0.4 is 10.2 Å². The van der Waals surface area contributed by atoms with Crippen LogP contribution in [-0.2, 0) is 0 Å². The average molecular weight is 430 g/mol. The lowest BCUT2D eigenvalue weighted by molar-refractivity contribution is 0.0690. The van der Waals surface area contributed by atoms with Crippen LogP contribution in [-0.4, -0.2) is 36.2 Å². The fourth-order valence-corrected chi connectivity index (χ4v) is 3.91. The fraction of sp³-hybridized carbons (Fsp3) is 0.200. The molecule has 0 saturated heterocycles. The Balaban J connectivity index is 2.04.